The molecule has 2 aromatic carbocycles. The first-order chi connectivity index (χ1) is 18.3. The number of piperazine rings is 1. The van der Waals surface area contributed by atoms with Crippen LogP contribution in [0.25, 0.3) is 28.1 Å². The third-order valence-corrected chi connectivity index (χ3v) is 8.03. The third kappa shape index (κ3) is 5.67. The van der Waals surface area contributed by atoms with Gasteiger partial charge in [0.15, 0.2) is 5.82 Å². The monoisotopic (exact) mass is 554 g/mol. The average molecular weight is 555 g/mol. The molecule has 1 saturated heterocycles. The van der Waals surface area contributed by atoms with Crippen molar-refractivity contribution in [3.8, 4) is 28.1 Å². The van der Waals surface area contributed by atoms with Crippen LogP contribution in [0.4, 0.5) is 15.8 Å². The Balaban J connectivity index is 1.58. The second-order valence-electron chi connectivity index (χ2n) is 9.06. The fraction of sp³-hybridized carbons (Fsp3) is 0.259. The number of rotatable bonds is 8. The Kier molecular flexibility index (Phi) is 7.64. The van der Waals surface area contributed by atoms with Crippen LogP contribution in [0.5, 0.6) is 0 Å². The molecule has 3 heterocycles. The van der Waals surface area contributed by atoms with Crippen LogP contribution in [0.2, 0.25) is 5.02 Å². The van der Waals surface area contributed by atoms with Crippen molar-refractivity contribution < 1.29 is 12.8 Å². The molecule has 2 aromatic heterocycles. The summed E-state index contributed by atoms with van der Waals surface area (Å²) in [6, 6.07) is 14.4. The summed E-state index contributed by atoms with van der Waals surface area (Å²) in [5.41, 5.74) is 3.59. The van der Waals surface area contributed by atoms with Crippen molar-refractivity contribution >= 4 is 33.0 Å². The minimum Gasteiger partial charge on any atom is -0.369 e. The summed E-state index contributed by atoms with van der Waals surface area (Å²) in [6.07, 6.45) is 5.41. The van der Waals surface area contributed by atoms with Crippen LogP contribution < -0.4 is 14.9 Å². The predicted molar refractivity (Wildman–Crippen MR) is 150 cm³/mol. The smallest absolute Gasteiger partial charge is 0.232 e. The first-order valence-electron chi connectivity index (χ1n) is 12.4. The molecule has 0 bridgehead atoms. The van der Waals surface area contributed by atoms with Gasteiger partial charge < -0.3 is 10.2 Å². The molecule has 38 heavy (non-hydrogen) atoms. The summed E-state index contributed by atoms with van der Waals surface area (Å²) >= 11 is 6.34. The van der Waals surface area contributed by atoms with Gasteiger partial charge in [0, 0.05) is 72.2 Å². The first-order valence-corrected chi connectivity index (χ1v) is 14.4. The van der Waals surface area contributed by atoms with Gasteiger partial charge in [0.1, 0.15) is 5.69 Å². The van der Waals surface area contributed by atoms with E-state index >= 15 is 4.39 Å². The van der Waals surface area contributed by atoms with Gasteiger partial charge in [-0.2, -0.15) is 5.10 Å². The largest absolute Gasteiger partial charge is 0.369 e. The molecule has 1 aliphatic heterocycles. The highest BCUT2D eigenvalue weighted by Gasteiger charge is 2.22. The molecule has 4 aromatic rings. The number of hydrogen-bond acceptors (Lipinski definition) is 6. The van der Waals surface area contributed by atoms with Gasteiger partial charge in [-0.1, -0.05) is 18.5 Å². The number of aromatic nitrogens is 3. The Hall–Kier alpha value is -3.47. The van der Waals surface area contributed by atoms with E-state index in [1.807, 2.05) is 12.1 Å². The van der Waals surface area contributed by atoms with Crippen molar-refractivity contribution in [2.75, 3.05) is 41.6 Å². The van der Waals surface area contributed by atoms with Gasteiger partial charge in [-0.05, 0) is 55.0 Å². The summed E-state index contributed by atoms with van der Waals surface area (Å²) < 4.78 is 44.6. The molecular formula is C27H28ClFN6O2S. The lowest BCUT2D eigenvalue weighted by atomic mass is 10.0. The molecule has 0 spiro atoms. The molecule has 198 valence electrons. The Bertz CT molecular complexity index is 1520. The minimum atomic E-state index is -3.72. The van der Waals surface area contributed by atoms with E-state index in [0.29, 0.717) is 17.7 Å². The highest BCUT2D eigenvalue weighted by molar-refractivity contribution is 7.92. The van der Waals surface area contributed by atoms with Crippen molar-refractivity contribution in [3.63, 3.8) is 0 Å². The van der Waals surface area contributed by atoms with Gasteiger partial charge in [0.2, 0.25) is 10.0 Å². The van der Waals surface area contributed by atoms with E-state index in [0.717, 1.165) is 43.1 Å². The topological polar surface area (TPSA) is 92.2 Å². The normalized spacial score (nSPS) is 14.0. The predicted octanol–water partition coefficient (Wildman–Crippen LogP) is 4.96. The number of halogens is 2. The average Bonchev–Trinajstić information content (AvgIpc) is 3.37. The van der Waals surface area contributed by atoms with E-state index in [1.54, 1.807) is 42.3 Å². The second kappa shape index (κ2) is 11.1. The highest BCUT2D eigenvalue weighted by atomic mass is 35.5. The van der Waals surface area contributed by atoms with E-state index in [2.05, 4.69) is 32.1 Å². The number of nitrogens with one attached hydrogen (secondary N) is 2. The van der Waals surface area contributed by atoms with Crippen LogP contribution >= 0.6 is 11.6 Å². The van der Waals surface area contributed by atoms with Gasteiger partial charge in [0.25, 0.3) is 0 Å². The number of nitrogens with zero attached hydrogens (tertiary/aromatic N) is 4. The van der Waals surface area contributed by atoms with Gasteiger partial charge in [0.05, 0.1) is 17.1 Å². The van der Waals surface area contributed by atoms with E-state index in [4.69, 9.17) is 16.7 Å². The van der Waals surface area contributed by atoms with Crippen molar-refractivity contribution in [3.05, 3.63) is 78.0 Å². The van der Waals surface area contributed by atoms with E-state index < -0.39 is 15.8 Å². The molecule has 1 fully saturated rings. The molecule has 1 aliphatic rings. The Morgan fingerprint density at radius 1 is 1.03 bits per heavy atom. The fourth-order valence-corrected chi connectivity index (χ4v) is 5.85. The fourth-order valence-electron chi connectivity index (χ4n) is 4.51. The lowest BCUT2D eigenvalue weighted by molar-refractivity contribution is 0.589. The number of benzene rings is 2. The first kappa shape index (κ1) is 26.1. The second-order valence-corrected chi connectivity index (χ2v) is 11.3. The quantitative estimate of drug-likeness (QED) is 0.320. The van der Waals surface area contributed by atoms with Gasteiger partial charge >= 0.3 is 0 Å². The molecule has 0 aliphatic carbocycles. The summed E-state index contributed by atoms with van der Waals surface area (Å²) in [6.45, 7) is 5.51. The lowest BCUT2D eigenvalue weighted by Crippen LogP contribution is -2.43. The van der Waals surface area contributed by atoms with Crippen molar-refractivity contribution in [2.45, 2.75) is 13.3 Å². The van der Waals surface area contributed by atoms with Crippen molar-refractivity contribution in [2.24, 2.45) is 0 Å². The zero-order valence-corrected chi connectivity index (χ0v) is 22.4. The maximum atomic E-state index is 15.8. The van der Waals surface area contributed by atoms with E-state index in [9.17, 15) is 8.42 Å². The van der Waals surface area contributed by atoms with Crippen molar-refractivity contribution in [1.82, 2.24) is 20.1 Å². The van der Waals surface area contributed by atoms with Crippen LogP contribution in [0.1, 0.15) is 13.3 Å². The summed E-state index contributed by atoms with van der Waals surface area (Å²) in [7, 11) is -3.72. The van der Waals surface area contributed by atoms with E-state index in [1.165, 1.54) is 12.1 Å². The Morgan fingerprint density at radius 3 is 2.39 bits per heavy atom. The highest BCUT2D eigenvalue weighted by Crippen LogP contribution is 2.38. The number of hydrogen-bond donors (Lipinski definition) is 2. The van der Waals surface area contributed by atoms with Crippen LogP contribution in [0, 0.1) is 5.82 Å². The molecule has 2 N–H and O–H groups in total. The molecule has 5 rings (SSSR count). The van der Waals surface area contributed by atoms with Crippen molar-refractivity contribution in [1.29, 1.82) is 0 Å². The molecule has 0 amide bonds. The molecule has 0 radical (unpaired) electrons. The number of sulfonamides is 1. The Labute approximate surface area is 226 Å². The van der Waals surface area contributed by atoms with Crippen LogP contribution in [0.15, 0.2) is 67.1 Å². The zero-order chi connectivity index (χ0) is 26.7. The lowest BCUT2D eigenvalue weighted by Gasteiger charge is -2.29. The molecule has 0 atom stereocenters. The molecule has 0 saturated carbocycles. The summed E-state index contributed by atoms with van der Waals surface area (Å²) in [4.78, 5) is 6.40. The van der Waals surface area contributed by atoms with Crippen LogP contribution in [-0.4, -0.2) is 55.1 Å². The maximum Gasteiger partial charge on any atom is 0.232 e. The van der Waals surface area contributed by atoms with Crippen LogP contribution in [0.3, 0.4) is 0 Å². The molecular weight excluding hydrogens is 527 g/mol. The molecule has 0 unspecified atom stereocenters. The maximum absolute atomic E-state index is 15.8. The van der Waals surface area contributed by atoms with Gasteiger partial charge in [-0.15, -0.1) is 0 Å². The van der Waals surface area contributed by atoms with Gasteiger partial charge in [-0.25, -0.2) is 17.5 Å². The SMILES string of the molecule is CCCS(=O)(=O)Nc1cc(Cl)cc(-c2cn(-c3ccc(N4CCNCC4)cc3)nc2-c2ccncc2)c1F. The standard InChI is InChI=1S/C27H28ClFN6O2S/c1-2-15-38(36,37)33-25-17-20(28)16-23(26(25)29)24-18-35(32-27(24)19-7-9-30-10-8-19)22-5-3-21(4-6-22)34-13-11-31-12-14-34/h3-10,16-18,31,33H,2,11-15H2,1H3. The minimum absolute atomic E-state index is 0.127. The number of pyridine rings is 1. The molecule has 8 nitrogen and oxygen atoms in total. The molecule has 11 heteroatoms. The van der Waals surface area contributed by atoms with E-state index in [-0.39, 0.29) is 22.0 Å². The summed E-state index contributed by atoms with van der Waals surface area (Å²) in [5.74, 6) is -0.851. The number of anilines is 2. The van der Waals surface area contributed by atoms with Crippen LogP contribution in [-0.2, 0) is 10.0 Å². The third-order valence-electron chi connectivity index (χ3n) is 6.33. The van der Waals surface area contributed by atoms with Gasteiger partial charge in [-0.3, -0.25) is 9.71 Å². The summed E-state index contributed by atoms with van der Waals surface area (Å²) in [5, 5.41) is 8.34. The zero-order valence-electron chi connectivity index (χ0n) is 20.9. The Morgan fingerprint density at radius 2 is 1.71 bits per heavy atom.